The molecule has 90 valence electrons. The quantitative estimate of drug-likeness (QED) is 0.587. The lowest BCUT2D eigenvalue weighted by Crippen LogP contribution is -2.19. The Hall–Kier alpha value is -0.670. The third-order valence-electron chi connectivity index (χ3n) is 2.76. The minimum atomic E-state index is 0.879. The van der Waals surface area contributed by atoms with Crippen LogP contribution in [0.4, 0.5) is 0 Å². The Morgan fingerprint density at radius 3 is 2.50 bits per heavy atom. The molecule has 0 saturated heterocycles. The Bertz CT molecular complexity index is 339. The van der Waals surface area contributed by atoms with Crippen molar-refractivity contribution in [3.8, 4) is 5.75 Å². The third-order valence-corrected chi connectivity index (χ3v) is 2.98. The second-order valence-corrected chi connectivity index (χ2v) is 4.42. The van der Waals surface area contributed by atoms with Gasteiger partial charge in [0, 0.05) is 12.3 Å². The van der Waals surface area contributed by atoms with Crippen molar-refractivity contribution in [3.63, 3.8) is 0 Å². The second-order valence-electron chi connectivity index (χ2n) is 3.97. The lowest BCUT2D eigenvalue weighted by molar-refractivity contribution is 0.408. The SMILES string of the molecule is COc1cc(C)c(C)cc1CCNCCS. The summed E-state index contributed by atoms with van der Waals surface area (Å²) in [7, 11) is 1.73. The highest BCUT2D eigenvalue weighted by molar-refractivity contribution is 7.80. The van der Waals surface area contributed by atoms with E-state index < -0.39 is 0 Å². The number of hydrogen-bond acceptors (Lipinski definition) is 3. The van der Waals surface area contributed by atoms with Crippen LogP contribution in [0.15, 0.2) is 12.1 Å². The highest BCUT2D eigenvalue weighted by atomic mass is 32.1. The van der Waals surface area contributed by atoms with Gasteiger partial charge in [0.25, 0.3) is 0 Å². The van der Waals surface area contributed by atoms with Crippen molar-refractivity contribution in [1.29, 1.82) is 0 Å². The van der Waals surface area contributed by atoms with Gasteiger partial charge in [-0.1, -0.05) is 6.07 Å². The largest absolute Gasteiger partial charge is 0.496 e. The summed E-state index contributed by atoms with van der Waals surface area (Å²) in [6.45, 7) is 6.18. The first-order valence-electron chi connectivity index (χ1n) is 5.64. The first kappa shape index (κ1) is 13.4. The van der Waals surface area contributed by atoms with Crippen molar-refractivity contribution in [2.24, 2.45) is 0 Å². The summed E-state index contributed by atoms with van der Waals surface area (Å²) in [5, 5.41) is 3.34. The van der Waals surface area contributed by atoms with E-state index in [0.717, 1.165) is 31.0 Å². The molecule has 2 nitrogen and oxygen atoms in total. The summed E-state index contributed by atoms with van der Waals surface area (Å²) >= 11 is 4.16. The lowest BCUT2D eigenvalue weighted by Gasteiger charge is -2.12. The van der Waals surface area contributed by atoms with E-state index in [4.69, 9.17) is 4.74 Å². The van der Waals surface area contributed by atoms with Crippen LogP contribution in [-0.4, -0.2) is 26.0 Å². The molecule has 1 aromatic rings. The molecule has 0 aliphatic carbocycles. The standard InChI is InChI=1S/C13H21NOS/c1-10-8-12(4-5-14-6-7-16)13(15-3)9-11(10)2/h8-9,14,16H,4-7H2,1-3H3. The van der Waals surface area contributed by atoms with Crippen LogP contribution in [0.5, 0.6) is 5.75 Å². The zero-order chi connectivity index (χ0) is 12.0. The number of nitrogens with one attached hydrogen (secondary N) is 1. The zero-order valence-electron chi connectivity index (χ0n) is 10.3. The monoisotopic (exact) mass is 239 g/mol. The Labute approximate surface area is 104 Å². The number of hydrogen-bond donors (Lipinski definition) is 2. The van der Waals surface area contributed by atoms with Crippen LogP contribution < -0.4 is 10.1 Å². The summed E-state index contributed by atoms with van der Waals surface area (Å²) in [4.78, 5) is 0. The van der Waals surface area contributed by atoms with Gasteiger partial charge in [0.2, 0.25) is 0 Å². The van der Waals surface area contributed by atoms with Crippen LogP contribution in [-0.2, 0) is 6.42 Å². The molecule has 1 aromatic carbocycles. The Morgan fingerprint density at radius 1 is 1.19 bits per heavy atom. The maximum absolute atomic E-state index is 5.40. The van der Waals surface area contributed by atoms with Gasteiger partial charge in [0.1, 0.15) is 5.75 Å². The topological polar surface area (TPSA) is 21.3 Å². The van der Waals surface area contributed by atoms with Gasteiger partial charge in [0.15, 0.2) is 0 Å². The number of aryl methyl sites for hydroxylation is 2. The average Bonchev–Trinajstić information content (AvgIpc) is 2.28. The molecule has 1 N–H and O–H groups in total. The molecule has 0 aromatic heterocycles. The van der Waals surface area contributed by atoms with Crippen LogP contribution in [0, 0.1) is 13.8 Å². The molecule has 0 aliphatic rings. The van der Waals surface area contributed by atoms with Crippen LogP contribution in [0.2, 0.25) is 0 Å². The highest BCUT2D eigenvalue weighted by Gasteiger charge is 2.05. The van der Waals surface area contributed by atoms with Gasteiger partial charge < -0.3 is 10.1 Å². The van der Waals surface area contributed by atoms with Crippen LogP contribution in [0.1, 0.15) is 16.7 Å². The molecule has 0 radical (unpaired) electrons. The van der Waals surface area contributed by atoms with Gasteiger partial charge in [-0.25, -0.2) is 0 Å². The summed E-state index contributed by atoms with van der Waals surface area (Å²) in [5.74, 6) is 1.88. The summed E-state index contributed by atoms with van der Waals surface area (Å²) in [5.41, 5.74) is 3.88. The molecule has 1 rings (SSSR count). The van der Waals surface area contributed by atoms with Crippen LogP contribution in [0.25, 0.3) is 0 Å². The van der Waals surface area contributed by atoms with Gasteiger partial charge in [-0.15, -0.1) is 0 Å². The van der Waals surface area contributed by atoms with Gasteiger partial charge in [-0.2, -0.15) is 12.6 Å². The molecule has 3 heteroatoms. The molecule has 0 saturated carbocycles. The van der Waals surface area contributed by atoms with Crippen molar-refractivity contribution in [2.45, 2.75) is 20.3 Å². The molecule has 0 heterocycles. The summed E-state index contributed by atoms with van der Waals surface area (Å²) in [6, 6.07) is 4.33. The molecule has 0 amide bonds. The summed E-state index contributed by atoms with van der Waals surface area (Å²) in [6.07, 6.45) is 0.998. The van der Waals surface area contributed by atoms with E-state index >= 15 is 0 Å². The van der Waals surface area contributed by atoms with E-state index in [0.29, 0.717) is 0 Å². The average molecular weight is 239 g/mol. The third kappa shape index (κ3) is 3.72. The fourth-order valence-corrected chi connectivity index (χ4v) is 1.82. The predicted molar refractivity (Wildman–Crippen MR) is 72.9 cm³/mol. The van der Waals surface area contributed by atoms with Crippen molar-refractivity contribution in [3.05, 3.63) is 28.8 Å². The molecule has 0 unspecified atom stereocenters. The fraction of sp³-hybridized carbons (Fsp3) is 0.538. The van der Waals surface area contributed by atoms with Gasteiger partial charge in [-0.05, 0) is 49.6 Å². The van der Waals surface area contributed by atoms with E-state index in [2.05, 4.69) is 43.9 Å². The first-order chi connectivity index (χ1) is 7.69. The van der Waals surface area contributed by atoms with E-state index in [1.165, 1.54) is 16.7 Å². The lowest BCUT2D eigenvalue weighted by atomic mass is 10.0. The molecular formula is C13H21NOS. The zero-order valence-corrected chi connectivity index (χ0v) is 11.2. The maximum atomic E-state index is 5.40. The number of thiol groups is 1. The minimum absolute atomic E-state index is 0.879. The number of benzene rings is 1. The van der Waals surface area contributed by atoms with Gasteiger partial charge in [0.05, 0.1) is 7.11 Å². The predicted octanol–water partition coefficient (Wildman–Crippen LogP) is 2.37. The van der Waals surface area contributed by atoms with Crippen molar-refractivity contribution in [2.75, 3.05) is 26.0 Å². The molecule has 0 bridgehead atoms. The van der Waals surface area contributed by atoms with Gasteiger partial charge >= 0.3 is 0 Å². The van der Waals surface area contributed by atoms with E-state index in [-0.39, 0.29) is 0 Å². The summed E-state index contributed by atoms with van der Waals surface area (Å²) < 4.78 is 5.40. The van der Waals surface area contributed by atoms with E-state index in [1.807, 2.05) is 0 Å². The Balaban J connectivity index is 2.66. The van der Waals surface area contributed by atoms with Crippen molar-refractivity contribution >= 4 is 12.6 Å². The van der Waals surface area contributed by atoms with Gasteiger partial charge in [-0.3, -0.25) is 0 Å². The van der Waals surface area contributed by atoms with Crippen LogP contribution >= 0.6 is 12.6 Å². The normalized spacial score (nSPS) is 10.5. The first-order valence-corrected chi connectivity index (χ1v) is 6.28. The van der Waals surface area contributed by atoms with Crippen molar-refractivity contribution < 1.29 is 4.74 Å². The van der Waals surface area contributed by atoms with E-state index in [1.54, 1.807) is 7.11 Å². The highest BCUT2D eigenvalue weighted by Crippen LogP contribution is 2.23. The fourth-order valence-electron chi connectivity index (χ4n) is 1.66. The molecular weight excluding hydrogens is 218 g/mol. The molecule has 0 fully saturated rings. The Kier molecular flexibility index (Phi) is 5.71. The molecule has 0 spiro atoms. The maximum Gasteiger partial charge on any atom is 0.122 e. The van der Waals surface area contributed by atoms with Crippen molar-refractivity contribution in [1.82, 2.24) is 5.32 Å². The molecule has 0 atom stereocenters. The Morgan fingerprint density at radius 2 is 1.88 bits per heavy atom. The number of rotatable bonds is 6. The number of ether oxygens (including phenoxy) is 1. The second kappa shape index (κ2) is 6.81. The van der Waals surface area contributed by atoms with E-state index in [9.17, 15) is 0 Å². The smallest absolute Gasteiger partial charge is 0.122 e. The molecule has 0 aliphatic heterocycles. The minimum Gasteiger partial charge on any atom is -0.496 e. The number of methoxy groups -OCH3 is 1. The molecule has 16 heavy (non-hydrogen) atoms. The van der Waals surface area contributed by atoms with Crippen LogP contribution in [0.3, 0.4) is 0 Å².